The fourth-order valence-electron chi connectivity index (χ4n) is 2.16. The zero-order valence-electron chi connectivity index (χ0n) is 11.8. The fourth-order valence-corrected chi connectivity index (χ4v) is 2.61. The highest BCUT2D eigenvalue weighted by molar-refractivity contribution is 7.98. The lowest BCUT2D eigenvalue weighted by atomic mass is 10.1. The number of aliphatic hydroxyl groups is 1. The molecule has 0 aromatic carbocycles. The zero-order chi connectivity index (χ0) is 13.4. The van der Waals surface area contributed by atoms with Gasteiger partial charge in [-0.05, 0) is 43.8 Å². The van der Waals surface area contributed by atoms with Crippen LogP contribution in [0.25, 0.3) is 0 Å². The summed E-state index contributed by atoms with van der Waals surface area (Å²) in [5, 5.41) is 14.5. The summed E-state index contributed by atoms with van der Waals surface area (Å²) in [6.45, 7) is 4.37. The Morgan fingerprint density at radius 1 is 1.39 bits per heavy atom. The average Bonchev–Trinajstić information content (AvgIpc) is 2.79. The Hall–Kier alpha value is -0.480. The van der Waals surface area contributed by atoms with Gasteiger partial charge in [-0.3, -0.25) is 4.68 Å². The highest BCUT2D eigenvalue weighted by Gasteiger charge is 2.11. The highest BCUT2D eigenvalue weighted by atomic mass is 32.2. The monoisotopic (exact) mass is 270 g/mol. The predicted molar refractivity (Wildman–Crippen MR) is 79.2 cm³/mol. The molecule has 0 aliphatic rings. The molecule has 1 unspecified atom stereocenters. The summed E-state index contributed by atoms with van der Waals surface area (Å²) < 4.78 is 2.05. The molecule has 0 saturated heterocycles. The van der Waals surface area contributed by atoms with Gasteiger partial charge in [-0.1, -0.05) is 13.8 Å². The van der Waals surface area contributed by atoms with Crippen molar-refractivity contribution in [1.29, 1.82) is 0 Å². The van der Waals surface area contributed by atoms with Crippen LogP contribution in [-0.4, -0.2) is 33.0 Å². The molecule has 0 aliphatic heterocycles. The van der Waals surface area contributed by atoms with Crippen LogP contribution in [0, 0.1) is 0 Å². The average molecular weight is 270 g/mol. The van der Waals surface area contributed by atoms with E-state index in [-0.39, 0.29) is 6.10 Å². The predicted octanol–water partition coefficient (Wildman–Crippen LogP) is 3.29. The van der Waals surface area contributed by atoms with Crippen molar-refractivity contribution in [1.82, 2.24) is 9.78 Å². The van der Waals surface area contributed by atoms with Crippen LogP contribution in [0.4, 0.5) is 0 Å². The topological polar surface area (TPSA) is 38.0 Å². The van der Waals surface area contributed by atoms with Crippen molar-refractivity contribution < 1.29 is 5.11 Å². The van der Waals surface area contributed by atoms with Gasteiger partial charge in [-0.15, -0.1) is 0 Å². The molecule has 0 aliphatic carbocycles. The van der Waals surface area contributed by atoms with Gasteiger partial charge in [0, 0.05) is 12.6 Å². The van der Waals surface area contributed by atoms with E-state index in [4.69, 9.17) is 0 Å². The maximum Gasteiger partial charge on any atom is 0.0650 e. The summed E-state index contributed by atoms with van der Waals surface area (Å²) in [5.74, 6) is 1.12. The van der Waals surface area contributed by atoms with E-state index in [9.17, 15) is 5.11 Å². The molecule has 0 bridgehead atoms. The second-order valence-electron chi connectivity index (χ2n) is 4.75. The van der Waals surface area contributed by atoms with E-state index in [1.807, 2.05) is 28.7 Å². The van der Waals surface area contributed by atoms with Crippen molar-refractivity contribution in [2.45, 2.75) is 58.1 Å². The maximum atomic E-state index is 9.93. The molecule has 0 spiro atoms. The number of hydrogen-bond donors (Lipinski definition) is 1. The smallest absolute Gasteiger partial charge is 0.0650 e. The third kappa shape index (κ3) is 5.02. The molecule has 0 saturated carbocycles. The second-order valence-corrected chi connectivity index (χ2v) is 5.74. The number of nitrogens with zero attached hydrogens (tertiary/aromatic N) is 2. The summed E-state index contributed by atoms with van der Waals surface area (Å²) in [6, 6.07) is 2.53. The fraction of sp³-hybridized carbons (Fsp3) is 0.786. The number of thioether (sulfide) groups is 1. The number of hydrogen-bond acceptors (Lipinski definition) is 3. The Balaban J connectivity index is 2.43. The molecule has 1 aromatic heterocycles. The van der Waals surface area contributed by atoms with E-state index in [0.717, 1.165) is 37.1 Å². The minimum atomic E-state index is -0.248. The van der Waals surface area contributed by atoms with Crippen molar-refractivity contribution in [2.24, 2.45) is 0 Å². The van der Waals surface area contributed by atoms with Crippen LogP contribution in [0.2, 0.25) is 0 Å². The molecule has 3 nitrogen and oxygen atoms in total. The lowest BCUT2D eigenvalue weighted by Gasteiger charge is -2.13. The van der Waals surface area contributed by atoms with Crippen LogP contribution >= 0.6 is 11.8 Å². The summed E-state index contributed by atoms with van der Waals surface area (Å²) in [4.78, 5) is 0. The molecule has 104 valence electrons. The van der Waals surface area contributed by atoms with E-state index in [0.29, 0.717) is 12.5 Å². The molecule has 1 rings (SSSR count). The first-order valence-corrected chi connectivity index (χ1v) is 8.31. The zero-order valence-corrected chi connectivity index (χ0v) is 12.6. The summed E-state index contributed by atoms with van der Waals surface area (Å²) in [7, 11) is 0. The standard InChI is InChI=1S/C14H26N2OS/c1-4-13(5-2)16-9-8-12(15-16)11-14(17)7-6-10-18-3/h8-9,13-14,17H,4-7,10-11H2,1-3H3. The van der Waals surface area contributed by atoms with E-state index in [1.165, 1.54) is 0 Å². The molecular formula is C14H26N2OS. The minimum Gasteiger partial charge on any atom is -0.393 e. The molecular weight excluding hydrogens is 244 g/mol. The van der Waals surface area contributed by atoms with Crippen LogP contribution in [0.1, 0.15) is 51.3 Å². The largest absolute Gasteiger partial charge is 0.393 e. The van der Waals surface area contributed by atoms with Crippen LogP contribution < -0.4 is 0 Å². The lowest BCUT2D eigenvalue weighted by molar-refractivity contribution is 0.162. The van der Waals surface area contributed by atoms with Gasteiger partial charge in [-0.2, -0.15) is 16.9 Å². The number of aliphatic hydroxyl groups excluding tert-OH is 1. The van der Waals surface area contributed by atoms with Gasteiger partial charge in [0.25, 0.3) is 0 Å². The van der Waals surface area contributed by atoms with Gasteiger partial charge in [0.2, 0.25) is 0 Å². The van der Waals surface area contributed by atoms with Crippen molar-refractivity contribution >= 4 is 11.8 Å². The van der Waals surface area contributed by atoms with Crippen LogP contribution in [-0.2, 0) is 6.42 Å². The highest BCUT2D eigenvalue weighted by Crippen LogP contribution is 2.15. The minimum absolute atomic E-state index is 0.248. The van der Waals surface area contributed by atoms with Gasteiger partial charge in [0.15, 0.2) is 0 Å². The van der Waals surface area contributed by atoms with Crippen molar-refractivity contribution in [3.8, 4) is 0 Å². The van der Waals surface area contributed by atoms with E-state index >= 15 is 0 Å². The van der Waals surface area contributed by atoms with E-state index in [1.54, 1.807) is 0 Å². The first-order chi connectivity index (χ1) is 8.71. The summed E-state index contributed by atoms with van der Waals surface area (Å²) in [6.07, 6.45) is 8.74. The molecule has 18 heavy (non-hydrogen) atoms. The van der Waals surface area contributed by atoms with E-state index < -0.39 is 0 Å². The molecule has 1 N–H and O–H groups in total. The number of rotatable bonds is 9. The quantitative estimate of drug-likeness (QED) is 0.700. The van der Waals surface area contributed by atoms with Crippen molar-refractivity contribution in [2.75, 3.05) is 12.0 Å². The molecule has 1 heterocycles. The number of aromatic nitrogens is 2. The third-order valence-electron chi connectivity index (χ3n) is 3.31. The Morgan fingerprint density at radius 3 is 2.72 bits per heavy atom. The first kappa shape index (κ1) is 15.6. The summed E-state index contributed by atoms with van der Waals surface area (Å²) in [5.41, 5.74) is 1.01. The molecule has 0 radical (unpaired) electrons. The SMILES string of the molecule is CCC(CC)n1ccc(CC(O)CCCSC)n1. The van der Waals surface area contributed by atoms with Crippen LogP contribution in [0.15, 0.2) is 12.3 Å². The van der Waals surface area contributed by atoms with Gasteiger partial charge in [-0.25, -0.2) is 0 Å². The Bertz CT molecular complexity index is 323. The van der Waals surface area contributed by atoms with Crippen molar-refractivity contribution in [3.05, 3.63) is 18.0 Å². The van der Waals surface area contributed by atoms with Gasteiger partial charge in [0.1, 0.15) is 0 Å². The van der Waals surface area contributed by atoms with Crippen LogP contribution in [0.3, 0.4) is 0 Å². The summed E-state index contributed by atoms with van der Waals surface area (Å²) >= 11 is 1.83. The molecule has 4 heteroatoms. The Kier molecular flexibility index (Phi) is 7.44. The van der Waals surface area contributed by atoms with Crippen molar-refractivity contribution in [3.63, 3.8) is 0 Å². The molecule has 0 fully saturated rings. The molecule has 1 aromatic rings. The Labute approximate surface area is 115 Å². The maximum absolute atomic E-state index is 9.93. The second kappa shape index (κ2) is 8.59. The van der Waals surface area contributed by atoms with Gasteiger partial charge >= 0.3 is 0 Å². The lowest BCUT2D eigenvalue weighted by Crippen LogP contribution is -2.13. The third-order valence-corrected chi connectivity index (χ3v) is 4.01. The van der Waals surface area contributed by atoms with Crippen LogP contribution in [0.5, 0.6) is 0 Å². The van der Waals surface area contributed by atoms with E-state index in [2.05, 4.69) is 25.2 Å². The first-order valence-electron chi connectivity index (χ1n) is 6.92. The molecule has 0 amide bonds. The Morgan fingerprint density at radius 2 is 2.11 bits per heavy atom. The van der Waals surface area contributed by atoms with Gasteiger partial charge < -0.3 is 5.11 Å². The molecule has 1 atom stereocenters. The normalized spacial score (nSPS) is 13.2. The van der Waals surface area contributed by atoms with Gasteiger partial charge in [0.05, 0.1) is 17.8 Å².